The van der Waals surface area contributed by atoms with Crippen molar-refractivity contribution in [1.82, 2.24) is 0 Å². The molecule has 0 bridgehead atoms. The summed E-state index contributed by atoms with van der Waals surface area (Å²) in [6.45, 7) is 6.63. The molecule has 2 saturated heterocycles. The zero-order valence-corrected chi connectivity index (χ0v) is 22.2. The van der Waals surface area contributed by atoms with Gasteiger partial charge >= 0.3 is 0 Å². The minimum atomic E-state index is -3.19. The Morgan fingerprint density at radius 2 is 1.36 bits per heavy atom. The zero-order valence-electron chi connectivity index (χ0n) is 21.2. The minimum Gasteiger partial charge on any atom is -0.424 e. The van der Waals surface area contributed by atoms with Gasteiger partial charge in [0.25, 0.3) is 8.32 Å². The molecule has 190 valence electrons. The highest BCUT2D eigenvalue weighted by molar-refractivity contribution is 6.98. The van der Waals surface area contributed by atoms with Crippen LogP contribution in [0.15, 0.2) is 91.0 Å². The van der Waals surface area contributed by atoms with Crippen molar-refractivity contribution in [3.8, 4) is 0 Å². The van der Waals surface area contributed by atoms with E-state index in [0.29, 0.717) is 13.0 Å². The van der Waals surface area contributed by atoms with E-state index in [2.05, 4.69) is 13.8 Å². The monoisotopic (exact) mass is 504 g/mol. The molecule has 5 rings (SSSR count). The van der Waals surface area contributed by atoms with Crippen LogP contribution in [0.5, 0.6) is 0 Å². The Morgan fingerprint density at radius 1 is 0.833 bits per heavy atom. The Kier molecular flexibility index (Phi) is 7.18. The van der Waals surface area contributed by atoms with Gasteiger partial charge in [-0.2, -0.15) is 0 Å². The molecular weight excluding hydrogens is 468 g/mol. The first-order valence-electron chi connectivity index (χ1n) is 12.8. The molecule has 5 nitrogen and oxygen atoms in total. The van der Waals surface area contributed by atoms with Gasteiger partial charge in [0.05, 0.1) is 18.8 Å². The predicted molar refractivity (Wildman–Crippen MR) is 143 cm³/mol. The molecule has 2 N–H and O–H groups in total. The summed E-state index contributed by atoms with van der Waals surface area (Å²) in [4.78, 5) is 12.5. The van der Waals surface area contributed by atoms with Crippen LogP contribution < -0.4 is 10.4 Å². The quantitative estimate of drug-likeness (QED) is 0.500. The van der Waals surface area contributed by atoms with Crippen molar-refractivity contribution >= 4 is 18.7 Å². The number of rotatable bonds is 6. The predicted octanol–water partition coefficient (Wildman–Crippen LogP) is 3.79. The van der Waals surface area contributed by atoms with E-state index in [-0.39, 0.29) is 18.1 Å². The van der Waals surface area contributed by atoms with Gasteiger partial charge in [-0.15, -0.1) is 0 Å². The molecule has 0 aromatic heterocycles. The molecule has 3 aromatic carbocycles. The van der Waals surface area contributed by atoms with Gasteiger partial charge in [0.15, 0.2) is 6.29 Å². The lowest BCUT2D eigenvalue weighted by molar-refractivity contribution is -0.321. The van der Waals surface area contributed by atoms with E-state index in [9.17, 15) is 9.90 Å². The van der Waals surface area contributed by atoms with Crippen LogP contribution in [0, 0.1) is 5.92 Å². The van der Waals surface area contributed by atoms with Crippen molar-refractivity contribution in [2.45, 2.75) is 62.9 Å². The summed E-state index contributed by atoms with van der Waals surface area (Å²) in [5.74, 6) is -0.162. The summed E-state index contributed by atoms with van der Waals surface area (Å²) in [5.41, 5.74) is 0.931. The van der Waals surface area contributed by atoms with Crippen molar-refractivity contribution in [3.05, 3.63) is 96.6 Å². The molecule has 2 aliphatic heterocycles. The van der Waals surface area contributed by atoms with E-state index in [1.807, 2.05) is 97.9 Å². The summed E-state index contributed by atoms with van der Waals surface area (Å²) in [7, 11) is -3.19. The first kappa shape index (κ1) is 25.3. The molecule has 6 heteroatoms. The molecule has 2 heterocycles. The summed E-state index contributed by atoms with van der Waals surface area (Å²) in [6.07, 6.45) is -1.67. The molecule has 36 heavy (non-hydrogen) atoms. The number of fused-ring (bicyclic) bond motifs is 1. The van der Waals surface area contributed by atoms with Crippen molar-refractivity contribution < 1.29 is 24.1 Å². The maximum absolute atomic E-state index is 12.5. The van der Waals surface area contributed by atoms with Crippen molar-refractivity contribution in [2.75, 3.05) is 6.61 Å². The Hall–Kier alpha value is -2.32. The first-order valence-corrected chi connectivity index (χ1v) is 14.7. The zero-order chi connectivity index (χ0) is 25.3. The second-order valence-corrected chi connectivity index (χ2v) is 14.7. The van der Waals surface area contributed by atoms with Crippen LogP contribution in [0.4, 0.5) is 0 Å². The summed E-state index contributed by atoms with van der Waals surface area (Å²) >= 11 is 0. The van der Waals surface area contributed by atoms with Crippen molar-refractivity contribution in [3.63, 3.8) is 0 Å². The number of ether oxygens (including phenoxy) is 3. The number of aliphatic hydroxyl groups excluding tert-OH is 1. The number of hydrogen-bond donors (Lipinski definition) is 2. The third-order valence-corrected chi connectivity index (χ3v) is 12.5. The largest absolute Gasteiger partial charge is 0.424 e. The van der Waals surface area contributed by atoms with Crippen molar-refractivity contribution in [2.24, 2.45) is 5.92 Å². The molecule has 3 aromatic rings. The standard InChI is InChI=1S/C30H36O5Si/c1-21-25(34-26-20-33-29(35-28(26)27(21)31)22-13-7-4-8-14-22)19-30(2,3)36(32,23-15-9-5-10-16-23)24-17-11-6-12-18-24/h4-18,21,25-29,31-32H,19-20H2,1-3H3/t21-,25+,26?,27?,28-,29?/m1/s1. The second kappa shape index (κ2) is 10.2. The van der Waals surface area contributed by atoms with E-state index < -0.39 is 31.9 Å². The normalized spacial score (nSPS) is 28.9. The molecule has 2 aliphatic rings. The molecule has 0 spiro atoms. The van der Waals surface area contributed by atoms with E-state index in [1.165, 1.54) is 0 Å². The highest BCUT2D eigenvalue weighted by Crippen LogP contribution is 2.45. The van der Waals surface area contributed by atoms with Gasteiger partial charge in [-0.05, 0) is 21.8 Å². The molecular formula is C30H36O5Si. The van der Waals surface area contributed by atoms with E-state index in [1.54, 1.807) is 0 Å². The Bertz CT molecular complexity index is 1080. The molecule has 6 atom stereocenters. The second-order valence-electron chi connectivity index (χ2n) is 10.8. The molecule has 0 aliphatic carbocycles. The summed E-state index contributed by atoms with van der Waals surface area (Å²) < 4.78 is 18.8. The Labute approximate surface area is 214 Å². The van der Waals surface area contributed by atoms with Crippen LogP contribution >= 0.6 is 0 Å². The molecule has 0 saturated carbocycles. The highest BCUT2D eigenvalue weighted by atomic mass is 28.4. The molecule has 0 radical (unpaired) electrons. The first-order chi connectivity index (χ1) is 17.3. The van der Waals surface area contributed by atoms with Crippen LogP contribution in [0.2, 0.25) is 5.04 Å². The molecule has 2 fully saturated rings. The maximum atomic E-state index is 12.5. The highest BCUT2D eigenvalue weighted by Gasteiger charge is 2.54. The van der Waals surface area contributed by atoms with E-state index in [0.717, 1.165) is 15.9 Å². The fourth-order valence-corrected chi connectivity index (χ4v) is 9.55. The lowest BCUT2D eigenvalue weighted by atomic mass is 9.84. The van der Waals surface area contributed by atoms with Gasteiger partial charge < -0.3 is 24.1 Å². The lowest BCUT2D eigenvalue weighted by Crippen LogP contribution is -2.67. The van der Waals surface area contributed by atoms with Crippen LogP contribution in [-0.4, -0.2) is 49.2 Å². The van der Waals surface area contributed by atoms with Gasteiger partial charge in [0, 0.05) is 11.5 Å². The smallest absolute Gasteiger partial charge is 0.258 e. The topological polar surface area (TPSA) is 68.2 Å². The number of hydrogen-bond acceptors (Lipinski definition) is 5. The SMILES string of the molecule is C[C@H]1C(O)[C@@H]2OC(c3ccccc3)OCC2O[C@H]1CC(C)(C)[Si](O)(c1ccccc1)c1ccccc1. The van der Waals surface area contributed by atoms with Crippen LogP contribution in [0.25, 0.3) is 0 Å². The lowest BCUT2D eigenvalue weighted by Gasteiger charge is -2.50. The fourth-order valence-electron chi connectivity index (χ4n) is 5.81. The van der Waals surface area contributed by atoms with Gasteiger partial charge in [-0.25, -0.2) is 0 Å². The summed E-state index contributed by atoms with van der Waals surface area (Å²) in [6, 6.07) is 29.8. The fraction of sp³-hybridized carbons (Fsp3) is 0.400. The van der Waals surface area contributed by atoms with E-state index >= 15 is 0 Å². The number of benzene rings is 3. The third-order valence-electron chi connectivity index (χ3n) is 8.02. The van der Waals surface area contributed by atoms with Crippen LogP contribution in [0.1, 0.15) is 39.0 Å². The third kappa shape index (κ3) is 4.58. The average Bonchev–Trinajstić information content (AvgIpc) is 2.92. The van der Waals surface area contributed by atoms with Crippen LogP contribution in [-0.2, 0) is 14.2 Å². The van der Waals surface area contributed by atoms with Gasteiger partial charge in [0.2, 0.25) is 0 Å². The van der Waals surface area contributed by atoms with E-state index in [4.69, 9.17) is 14.2 Å². The van der Waals surface area contributed by atoms with Crippen LogP contribution in [0.3, 0.4) is 0 Å². The van der Waals surface area contributed by atoms with Gasteiger partial charge in [-0.1, -0.05) is 112 Å². The summed E-state index contributed by atoms with van der Waals surface area (Å²) in [5, 5.41) is 12.8. The average molecular weight is 505 g/mol. The number of aliphatic hydroxyl groups is 1. The molecule has 0 amide bonds. The van der Waals surface area contributed by atoms with Gasteiger partial charge in [0.1, 0.15) is 12.2 Å². The Balaban J connectivity index is 1.39. The minimum absolute atomic E-state index is 0.162. The van der Waals surface area contributed by atoms with Gasteiger partial charge in [-0.3, -0.25) is 0 Å². The maximum Gasteiger partial charge on any atom is 0.258 e. The van der Waals surface area contributed by atoms with Crippen molar-refractivity contribution in [1.29, 1.82) is 0 Å². The Morgan fingerprint density at radius 3 is 1.92 bits per heavy atom. The molecule has 3 unspecified atom stereocenters.